The van der Waals surface area contributed by atoms with Crippen LogP contribution in [0.25, 0.3) is 0 Å². The lowest BCUT2D eigenvalue weighted by molar-refractivity contribution is -0.253. The van der Waals surface area contributed by atoms with E-state index in [-0.39, 0.29) is 31.1 Å². The number of nitrogens with zero attached hydrogens (tertiary/aromatic N) is 2. The molecule has 2 amide bonds. The van der Waals surface area contributed by atoms with Gasteiger partial charge in [0.25, 0.3) is 0 Å². The SMILES string of the molecule is O=C(CCCCC(=O)Nc1ccc([C@@H]2O[C@H](CN3CCC[C@H]3CN3CCCC3)C[C@H](c3ccc(CO)cc3)O2)cc1)NO. The van der Waals surface area contributed by atoms with Crippen LogP contribution in [0.4, 0.5) is 5.69 Å². The Morgan fingerprint density at radius 3 is 2.23 bits per heavy atom. The molecular formula is C33H46N4O6. The van der Waals surface area contributed by atoms with Gasteiger partial charge in [0.05, 0.1) is 18.8 Å². The monoisotopic (exact) mass is 594 g/mol. The van der Waals surface area contributed by atoms with Gasteiger partial charge in [-0.3, -0.25) is 19.7 Å². The van der Waals surface area contributed by atoms with E-state index < -0.39 is 12.2 Å². The van der Waals surface area contributed by atoms with E-state index in [9.17, 15) is 14.7 Å². The molecule has 3 aliphatic heterocycles. The van der Waals surface area contributed by atoms with Crippen LogP contribution in [0.2, 0.25) is 0 Å². The fourth-order valence-electron chi connectivity index (χ4n) is 6.47. The molecule has 10 nitrogen and oxygen atoms in total. The van der Waals surface area contributed by atoms with Crippen molar-refractivity contribution in [1.29, 1.82) is 0 Å². The smallest absolute Gasteiger partial charge is 0.243 e. The van der Waals surface area contributed by atoms with Gasteiger partial charge in [-0.1, -0.05) is 36.4 Å². The second kappa shape index (κ2) is 15.7. The number of aliphatic hydroxyl groups is 1. The van der Waals surface area contributed by atoms with Gasteiger partial charge in [-0.2, -0.15) is 0 Å². The van der Waals surface area contributed by atoms with Gasteiger partial charge >= 0.3 is 0 Å². The highest BCUT2D eigenvalue weighted by Crippen LogP contribution is 2.39. The zero-order valence-corrected chi connectivity index (χ0v) is 25.0. The Morgan fingerprint density at radius 1 is 0.837 bits per heavy atom. The van der Waals surface area contributed by atoms with E-state index >= 15 is 0 Å². The van der Waals surface area contributed by atoms with Gasteiger partial charge in [0, 0.05) is 49.6 Å². The molecule has 3 heterocycles. The molecule has 0 aliphatic carbocycles. The minimum atomic E-state index is -0.539. The van der Waals surface area contributed by atoms with Gasteiger partial charge in [-0.05, 0) is 81.4 Å². The number of rotatable bonds is 13. The van der Waals surface area contributed by atoms with Crippen molar-refractivity contribution in [2.75, 3.05) is 38.0 Å². The molecule has 0 radical (unpaired) electrons. The first kappa shape index (κ1) is 31.6. The zero-order valence-electron chi connectivity index (χ0n) is 25.0. The van der Waals surface area contributed by atoms with Crippen LogP contribution >= 0.6 is 0 Å². The number of hydroxylamine groups is 1. The summed E-state index contributed by atoms with van der Waals surface area (Å²) < 4.78 is 13.1. The summed E-state index contributed by atoms with van der Waals surface area (Å²) in [4.78, 5) is 28.7. The molecule has 0 saturated carbocycles. The van der Waals surface area contributed by atoms with Crippen LogP contribution in [0.1, 0.15) is 86.9 Å². The van der Waals surface area contributed by atoms with Crippen LogP contribution in [0, 0.1) is 0 Å². The quantitative estimate of drug-likeness (QED) is 0.154. The summed E-state index contributed by atoms with van der Waals surface area (Å²) in [6.07, 6.45) is 6.73. The Hall–Kier alpha value is -2.86. The lowest BCUT2D eigenvalue weighted by atomic mass is 9.99. The fraction of sp³-hybridized carbons (Fsp3) is 0.576. The third-order valence-corrected chi connectivity index (χ3v) is 8.87. The van der Waals surface area contributed by atoms with E-state index in [2.05, 4.69) is 15.1 Å². The summed E-state index contributed by atoms with van der Waals surface area (Å²) in [5.41, 5.74) is 5.13. The summed E-state index contributed by atoms with van der Waals surface area (Å²) in [6.45, 7) is 5.55. The van der Waals surface area contributed by atoms with E-state index in [1.165, 1.54) is 38.8 Å². The van der Waals surface area contributed by atoms with Crippen molar-refractivity contribution >= 4 is 17.5 Å². The number of anilines is 1. The van der Waals surface area contributed by atoms with Crippen LogP contribution in [-0.4, -0.2) is 76.8 Å². The van der Waals surface area contributed by atoms with Gasteiger partial charge in [0.2, 0.25) is 11.8 Å². The molecular weight excluding hydrogens is 548 g/mol. The van der Waals surface area contributed by atoms with E-state index in [0.717, 1.165) is 42.7 Å². The predicted molar refractivity (Wildman–Crippen MR) is 162 cm³/mol. The highest BCUT2D eigenvalue weighted by molar-refractivity contribution is 5.90. The molecule has 0 spiro atoms. The van der Waals surface area contributed by atoms with Gasteiger partial charge in [0.1, 0.15) is 0 Å². The zero-order chi connectivity index (χ0) is 30.0. The molecule has 4 atom stereocenters. The molecule has 10 heteroatoms. The van der Waals surface area contributed by atoms with Crippen LogP contribution < -0.4 is 10.8 Å². The molecule has 0 aromatic heterocycles. The minimum absolute atomic E-state index is 0.00717. The van der Waals surface area contributed by atoms with Gasteiger partial charge in [-0.25, -0.2) is 5.48 Å². The molecule has 2 aromatic carbocycles. The average molecular weight is 595 g/mol. The molecule has 4 N–H and O–H groups in total. The van der Waals surface area contributed by atoms with Crippen molar-refractivity contribution in [3.05, 3.63) is 65.2 Å². The number of benzene rings is 2. The van der Waals surface area contributed by atoms with E-state index in [4.69, 9.17) is 14.7 Å². The Bertz CT molecular complexity index is 1170. The first-order valence-electron chi connectivity index (χ1n) is 15.8. The van der Waals surface area contributed by atoms with Gasteiger partial charge in [-0.15, -0.1) is 0 Å². The summed E-state index contributed by atoms with van der Waals surface area (Å²) in [7, 11) is 0. The van der Waals surface area contributed by atoms with E-state index in [1.54, 1.807) is 5.48 Å². The number of carbonyl (C=O) groups excluding carboxylic acids is 2. The maximum Gasteiger partial charge on any atom is 0.243 e. The van der Waals surface area contributed by atoms with Crippen LogP contribution in [0.3, 0.4) is 0 Å². The van der Waals surface area contributed by atoms with Crippen molar-refractivity contribution in [3.63, 3.8) is 0 Å². The first-order valence-corrected chi connectivity index (χ1v) is 15.8. The molecule has 234 valence electrons. The summed E-state index contributed by atoms with van der Waals surface area (Å²) in [5, 5.41) is 21.0. The van der Waals surface area contributed by atoms with Crippen LogP contribution in [0.15, 0.2) is 48.5 Å². The third-order valence-electron chi connectivity index (χ3n) is 8.87. The predicted octanol–water partition coefficient (Wildman–Crippen LogP) is 4.29. The number of aliphatic hydroxyl groups excluding tert-OH is 1. The second-order valence-corrected chi connectivity index (χ2v) is 12.1. The van der Waals surface area contributed by atoms with Crippen molar-refractivity contribution in [2.45, 2.75) is 88.9 Å². The highest BCUT2D eigenvalue weighted by Gasteiger charge is 2.36. The number of carbonyl (C=O) groups is 2. The number of unbranched alkanes of at least 4 members (excludes halogenated alkanes) is 1. The Morgan fingerprint density at radius 2 is 1.53 bits per heavy atom. The van der Waals surface area contributed by atoms with Gasteiger partial charge < -0.3 is 24.8 Å². The minimum Gasteiger partial charge on any atom is -0.392 e. The second-order valence-electron chi connectivity index (χ2n) is 12.1. The van der Waals surface area contributed by atoms with Crippen molar-refractivity contribution in [3.8, 4) is 0 Å². The third kappa shape index (κ3) is 9.07. The Kier molecular flexibility index (Phi) is 11.6. The van der Waals surface area contributed by atoms with E-state index in [1.807, 2.05) is 48.5 Å². The average Bonchev–Trinajstić information content (AvgIpc) is 3.72. The number of likely N-dealkylation sites (tertiary alicyclic amines) is 2. The van der Waals surface area contributed by atoms with Crippen molar-refractivity contribution < 1.29 is 29.4 Å². The normalized spacial score (nSPS) is 24.7. The molecule has 43 heavy (non-hydrogen) atoms. The van der Waals surface area contributed by atoms with Crippen molar-refractivity contribution in [1.82, 2.24) is 15.3 Å². The topological polar surface area (TPSA) is 124 Å². The maximum atomic E-state index is 12.4. The molecule has 0 unspecified atom stereocenters. The van der Waals surface area contributed by atoms with Crippen LogP contribution in [-0.2, 0) is 25.7 Å². The first-order chi connectivity index (χ1) is 21.0. The van der Waals surface area contributed by atoms with E-state index in [0.29, 0.717) is 31.0 Å². The molecule has 2 aromatic rings. The molecule has 0 bridgehead atoms. The van der Waals surface area contributed by atoms with Crippen LogP contribution in [0.5, 0.6) is 0 Å². The number of amides is 2. The largest absolute Gasteiger partial charge is 0.392 e. The maximum absolute atomic E-state index is 12.4. The lowest BCUT2D eigenvalue weighted by Crippen LogP contribution is -2.45. The number of hydrogen-bond acceptors (Lipinski definition) is 8. The Balaban J connectivity index is 1.22. The number of nitrogens with one attached hydrogen (secondary N) is 2. The Labute approximate surface area is 254 Å². The lowest BCUT2D eigenvalue weighted by Gasteiger charge is -2.39. The fourth-order valence-corrected chi connectivity index (χ4v) is 6.47. The van der Waals surface area contributed by atoms with Gasteiger partial charge in [0.15, 0.2) is 6.29 Å². The number of ether oxygens (including phenoxy) is 2. The summed E-state index contributed by atoms with van der Waals surface area (Å²) in [6, 6.07) is 16.1. The summed E-state index contributed by atoms with van der Waals surface area (Å²) in [5.74, 6) is -0.569. The standard InChI is InChI=1S/C33H46N4O6/c38-23-24-9-11-25(12-10-24)30-20-29(22-37-19-5-6-28(37)21-36-17-3-4-18-36)42-33(43-30)26-13-15-27(16-14-26)34-31(39)7-1-2-8-32(40)35-41/h9-16,28-30,33,38,41H,1-8,17-23H2,(H,34,39)(H,35,40)/t28-,29-,30+,33+/m0/s1. The molecule has 3 saturated heterocycles. The molecule has 3 aliphatic rings. The molecule has 5 rings (SSSR count). The highest BCUT2D eigenvalue weighted by atomic mass is 16.7. The summed E-state index contributed by atoms with van der Waals surface area (Å²) >= 11 is 0. The van der Waals surface area contributed by atoms with Crippen molar-refractivity contribution in [2.24, 2.45) is 0 Å². The number of hydrogen-bond donors (Lipinski definition) is 4. The molecule has 3 fully saturated rings.